The molecule has 0 spiro atoms. The smallest absolute Gasteiger partial charge is 0.247 e. The SMILES string of the molecule is Cc1cc(Br)ccc1NC(=O)[C@@H](Cc1ccccc1)NC1=CC(=O)c2ccccc2C1=O. The van der Waals surface area contributed by atoms with Gasteiger partial charge in [0.1, 0.15) is 6.04 Å². The standard InChI is InChI=1S/C26H21BrN2O3/c1-16-13-18(27)11-12-21(16)29-26(32)23(14-17-7-3-2-4-8-17)28-22-15-24(30)19-9-5-6-10-20(19)25(22)31/h2-13,15,23,28H,14H2,1H3,(H,29,32)/t23-/m1/s1. The van der Waals surface area contributed by atoms with E-state index in [9.17, 15) is 14.4 Å². The molecule has 0 aliphatic heterocycles. The number of ketones is 2. The molecule has 1 atom stereocenters. The zero-order valence-electron chi connectivity index (χ0n) is 17.4. The number of benzene rings is 3. The Morgan fingerprint density at radius 3 is 2.34 bits per heavy atom. The Labute approximate surface area is 194 Å². The summed E-state index contributed by atoms with van der Waals surface area (Å²) in [5, 5.41) is 5.99. The van der Waals surface area contributed by atoms with Gasteiger partial charge < -0.3 is 10.6 Å². The van der Waals surface area contributed by atoms with E-state index >= 15 is 0 Å². The fourth-order valence-corrected chi connectivity index (χ4v) is 4.13. The fourth-order valence-electron chi connectivity index (χ4n) is 3.66. The van der Waals surface area contributed by atoms with Gasteiger partial charge in [-0.15, -0.1) is 0 Å². The highest BCUT2D eigenvalue weighted by molar-refractivity contribution is 9.10. The number of nitrogens with one attached hydrogen (secondary N) is 2. The third-order valence-corrected chi connectivity index (χ3v) is 5.83. The molecule has 3 aromatic rings. The van der Waals surface area contributed by atoms with Gasteiger partial charge in [-0.2, -0.15) is 0 Å². The minimum Gasteiger partial charge on any atom is -0.370 e. The lowest BCUT2D eigenvalue weighted by atomic mass is 9.92. The highest BCUT2D eigenvalue weighted by Crippen LogP contribution is 2.22. The van der Waals surface area contributed by atoms with Crippen LogP contribution in [0, 0.1) is 6.92 Å². The number of rotatable bonds is 6. The molecule has 1 amide bonds. The van der Waals surface area contributed by atoms with Crippen molar-refractivity contribution >= 4 is 39.1 Å². The van der Waals surface area contributed by atoms with Crippen LogP contribution >= 0.6 is 15.9 Å². The van der Waals surface area contributed by atoms with Crippen molar-refractivity contribution < 1.29 is 14.4 Å². The van der Waals surface area contributed by atoms with Gasteiger partial charge in [0.2, 0.25) is 11.7 Å². The normalized spacial score (nSPS) is 13.8. The van der Waals surface area contributed by atoms with Crippen LogP contribution in [0.2, 0.25) is 0 Å². The number of aryl methyl sites for hydroxylation is 1. The quantitative estimate of drug-likeness (QED) is 0.519. The Balaban J connectivity index is 1.62. The average molecular weight is 489 g/mol. The van der Waals surface area contributed by atoms with Crippen molar-refractivity contribution in [1.29, 1.82) is 0 Å². The maximum absolute atomic E-state index is 13.3. The van der Waals surface area contributed by atoms with Crippen LogP contribution in [0.1, 0.15) is 31.8 Å². The predicted octanol–water partition coefficient (Wildman–Crippen LogP) is 4.86. The van der Waals surface area contributed by atoms with Gasteiger partial charge in [-0.05, 0) is 36.2 Å². The largest absolute Gasteiger partial charge is 0.370 e. The van der Waals surface area contributed by atoms with E-state index in [0.717, 1.165) is 15.6 Å². The minimum absolute atomic E-state index is 0.123. The zero-order valence-corrected chi connectivity index (χ0v) is 19.0. The maximum atomic E-state index is 13.3. The number of halogens is 1. The number of anilines is 1. The monoisotopic (exact) mass is 488 g/mol. The number of carbonyl (C=O) groups is 3. The predicted molar refractivity (Wildman–Crippen MR) is 128 cm³/mol. The molecule has 0 aromatic heterocycles. The molecule has 0 radical (unpaired) electrons. The minimum atomic E-state index is -0.756. The summed E-state index contributed by atoms with van der Waals surface area (Å²) in [6.07, 6.45) is 1.63. The molecule has 0 saturated heterocycles. The number of carbonyl (C=O) groups excluding carboxylic acids is 3. The number of allylic oxidation sites excluding steroid dienone is 2. The van der Waals surface area contributed by atoms with E-state index in [-0.39, 0.29) is 23.2 Å². The van der Waals surface area contributed by atoms with E-state index in [1.807, 2.05) is 55.5 Å². The number of hydrogen-bond donors (Lipinski definition) is 2. The lowest BCUT2D eigenvalue weighted by molar-refractivity contribution is -0.117. The summed E-state index contributed by atoms with van der Waals surface area (Å²) in [5.74, 6) is -0.851. The molecule has 0 bridgehead atoms. The van der Waals surface area contributed by atoms with E-state index in [0.29, 0.717) is 23.2 Å². The molecule has 6 heteroatoms. The van der Waals surface area contributed by atoms with Crippen LogP contribution < -0.4 is 10.6 Å². The molecule has 3 aromatic carbocycles. The second-order valence-electron chi connectivity index (χ2n) is 7.63. The average Bonchev–Trinajstić information content (AvgIpc) is 2.79. The number of hydrogen-bond acceptors (Lipinski definition) is 4. The molecule has 160 valence electrons. The maximum Gasteiger partial charge on any atom is 0.247 e. The Bertz CT molecular complexity index is 1230. The molecular formula is C26H21BrN2O3. The first-order chi connectivity index (χ1) is 15.4. The van der Waals surface area contributed by atoms with Gasteiger partial charge in [0.25, 0.3) is 0 Å². The third-order valence-electron chi connectivity index (χ3n) is 5.33. The summed E-state index contributed by atoms with van der Waals surface area (Å²) in [6, 6.07) is 21.1. The Hall–Kier alpha value is -3.51. The second kappa shape index (κ2) is 9.32. The van der Waals surface area contributed by atoms with Gasteiger partial charge in [0, 0.05) is 33.8 Å². The lowest BCUT2D eigenvalue weighted by Gasteiger charge is -2.23. The van der Waals surface area contributed by atoms with Gasteiger partial charge in [0.05, 0.1) is 5.70 Å². The van der Waals surface area contributed by atoms with E-state index in [1.165, 1.54) is 6.08 Å². The van der Waals surface area contributed by atoms with Crippen LogP contribution in [0.15, 0.2) is 89.0 Å². The summed E-state index contributed by atoms with van der Waals surface area (Å²) >= 11 is 3.43. The Kier molecular flexibility index (Phi) is 6.32. The van der Waals surface area contributed by atoms with Gasteiger partial charge in [-0.25, -0.2) is 0 Å². The molecule has 0 saturated carbocycles. The lowest BCUT2D eigenvalue weighted by Crippen LogP contribution is -2.44. The molecule has 0 unspecified atom stereocenters. The van der Waals surface area contributed by atoms with E-state index in [1.54, 1.807) is 24.3 Å². The fraction of sp³-hybridized carbons (Fsp3) is 0.115. The Morgan fingerprint density at radius 2 is 1.62 bits per heavy atom. The van der Waals surface area contributed by atoms with Crippen LogP contribution in [-0.2, 0) is 11.2 Å². The highest BCUT2D eigenvalue weighted by Gasteiger charge is 2.29. The van der Waals surface area contributed by atoms with Crippen molar-refractivity contribution in [3.8, 4) is 0 Å². The van der Waals surface area contributed by atoms with Crippen molar-refractivity contribution in [2.24, 2.45) is 0 Å². The van der Waals surface area contributed by atoms with Gasteiger partial charge in [-0.1, -0.05) is 70.5 Å². The van der Waals surface area contributed by atoms with Gasteiger partial charge in [-0.3, -0.25) is 14.4 Å². The van der Waals surface area contributed by atoms with E-state index < -0.39 is 6.04 Å². The van der Waals surface area contributed by atoms with Crippen LogP contribution in [0.25, 0.3) is 0 Å². The van der Waals surface area contributed by atoms with Crippen molar-refractivity contribution in [1.82, 2.24) is 5.32 Å². The van der Waals surface area contributed by atoms with Crippen LogP contribution in [0.3, 0.4) is 0 Å². The molecule has 0 heterocycles. The molecule has 4 rings (SSSR count). The molecule has 0 fully saturated rings. The van der Waals surface area contributed by atoms with Crippen LogP contribution in [0.4, 0.5) is 5.69 Å². The second-order valence-corrected chi connectivity index (χ2v) is 8.55. The molecular weight excluding hydrogens is 468 g/mol. The highest BCUT2D eigenvalue weighted by atomic mass is 79.9. The summed E-state index contributed by atoms with van der Waals surface area (Å²) in [6.45, 7) is 1.91. The number of fused-ring (bicyclic) bond motifs is 1. The summed E-state index contributed by atoms with van der Waals surface area (Å²) in [4.78, 5) is 38.8. The summed E-state index contributed by atoms with van der Waals surface area (Å²) < 4.78 is 0.919. The number of amides is 1. The van der Waals surface area contributed by atoms with E-state index in [4.69, 9.17) is 0 Å². The van der Waals surface area contributed by atoms with E-state index in [2.05, 4.69) is 26.6 Å². The number of Topliss-reactive ketones (excluding diaryl/α,β-unsaturated/α-hetero) is 1. The Morgan fingerprint density at radius 1 is 0.938 bits per heavy atom. The van der Waals surface area contributed by atoms with Crippen molar-refractivity contribution in [3.63, 3.8) is 0 Å². The topological polar surface area (TPSA) is 75.3 Å². The first-order valence-corrected chi connectivity index (χ1v) is 11.0. The van der Waals surface area contributed by atoms with Crippen LogP contribution in [0.5, 0.6) is 0 Å². The van der Waals surface area contributed by atoms with Crippen molar-refractivity contribution in [2.45, 2.75) is 19.4 Å². The first-order valence-electron chi connectivity index (χ1n) is 10.2. The molecule has 1 aliphatic rings. The molecule has 32 heavy (non-hydrogen) atoms. The van der Waals surface area contributed by atoms with Gasteiger partial charge in [0.15, 0.2) is 5.78 Å². The molecule has 1 aliphatic carbocycles. The molecule has 5 nitrogen and oxygen atoms in total. The van der Waals surface area contributed by atoms with Gasteiger partial charge >= 0.3 is 0 Å². The first kappa shape index (κ1) is 21.7. The van der Waals surface area contributed by atoms with Crippen molar-refractivity contribution in [3.05, 3.63) is 111 Å². The third kappa shape index (κ3) is 4.70. The summed E-state index contributed by atoms with van der Waals surface area (Å²) in [7, 11) is 0. The molecule has 2 N–H and O–H groups in total. The summed E-state index contributed by atoms with van der Waals surface area (Å²) in [5.41, 5.74) is 3.36. The zero-order chi connectivity index (χ0) is 22.7. The van der Waals surface area contributed by atoms with Crippen LogP contribution in [-0.4, -0.2) is 23.5 Å². The van der Waals surface area contributed by atoms with Crippen molar-refractivity contribution in [2.75, 3.05) is 5.32 Å².